The van der Waals surface area contributed by atoms with Gasteiger partial charge in [-0.05, 0) is 38.0 Å². The summed E-state index contributed by atoms with van der Waals surface area (Å²) in [4.78, 5) is 18.9. The standard InChI is InChI=1S/C20H37N5O3S.HI/c1-21-20(22-11-13-29(27,28)23-14-16-6-5-7-16)24-18-10-12-25(15-18)19(26)17-8-3-2-4-9-17;/h16-18,23H,2-15H2,1H3,(H2,21,22,24);1H. The second-order valence-electron chi connectivity index (χ2n) is 8.71. The predicted octanol–water partition coefficient (Wildman–Crippen LogP) is 1.67. The van der Waals surface area contributed by atoms with E-state index in [2.05, 4.69) is 20.3 Å². The molecule has 10 heteroatoms. The van der Waals surface area contributed by atoms with E-state index in [0.29, 0.717) is 37.4 Å². The normalized spacial score (nSPS) is 23.6. The molecule has 30 heavy (non-hydrogen) atoms. The fourth-order valence-corrected chi connectivity index (χ4v) is 5.40. The molecular weight excluding hydrogens is 517 g/mol. The van der Waals surface area contributed by atoms with Crippen LogP contribution in [-0.2, 0) is 14.8 Å². The maximum Gasteiger partial charge on any atom is 0.225 e. The Morgan fingerprint density at radius 3 is 2.43 bits per heavy atom. The SMILES string of the molecule is CN=C(NCCS(=O)(=O)NCC1CCC1)NC1CCN(C(=O)C2CCCCC2)C1.I. The predicted molar refractivity (Wildman–Crippen MR) is 131 cm³/mol. The zero-order valence-electron chi connectivity index (χ0n) is 18.1. The second kappa shape index (κ2) is 12.4. The van der Waals surface area contributed by atoms with Crippen LogP contribution in [0.4, 0.5) is 0 Å². The highest BCUT2D eigenvalue weighted by Crippen LogP contribution is 2.27. The summed E-state index contributed by atoms with van der Waals surface area (Å²) in [7, 11) is -1.59. The van der Waals surface area contributed by atoms with Crippen LogP contribution in [0.1, 0.15) is 57.8 Å². The summed E-state index contributed by atoms with van der Waals surface area (Å²) in [5.74, 6) is 1.64. The zero-order chi connectivity index (χ0) is 20.7. The first-order valence-electron chi connectivity index (χ1n) is 11.2. The molecule has 0 spiro atoms. The third-order valence-corrected chi connectivity index (χ3v) is 7.85. The van der Waals surface area contributed by atoms with Crippen LogP contribution in [0.15, 0.2) is 4.99 Å². The molecule has 8 nitrogen and oxygen atoms in total. The molecule has 3 rings (SSSR count). The Labute approximate surface area is 198 Å². The average Bonchev–Trinajstić information content (AvgIpc) is 3.14. The Balaban J connectivity index is 0.00000320. The smallest absolute Gasteiger partial charge is 0.225 e. The minimum Gasteiger partial charge on any atom is -0.355 e. The molecule has 0 aromatic carbocycles. The summed E-state index contributed by atoms with van der Waals surface area (Å²) in [6, 6.07) is 0.155. The zero-order valence-corrected chi connectivity index (χ0v) is 21.2. The van der Waals surface area contributed by atoms with Crippen LogP contribution in [-0.4, -0.2) is 70.2 Å². The van der Waals surface area contributed by atoms with Gasteiger partial charge in [0.05, 0.1) is 5.75 Å². The Kier molecular flexibility index (Phi) is 10.6. The van der Waals surface area contributed by atoms with E-state index < -0.39 is 10.0 Å². The van der Waals surface area contributed by atoms with Crippen molar-refractivity contribution in [2.24, 2.45) is 16.8 Å². The molecule has 1 heterocycles. The van der Waals surface area contributed by atoms with Crippen LogP contribution in [0.3, 0.4) is 0 Å². The van der Waals surface area contributed by atoms with Gasteiger partial charge >= 0.3 is 0 Å². The summed E-state index contributed by atoms with van der Waals surface area (Å²) < 4.78 is 26.9. The first-order valence-corrected chi connectivity index (χ1v) is 12.9. The molecule has 1 atom stereocenters. The highest BCUT2D eigenvalue weighted by molar-refractivity contribution is 14.0. The quantitative estimate of drug-likeness (QED) is 0.240. The number of nitrogens with zero attached hydrogens (tertiary/aromatic N) is 2. The Morgan fingerprint density at radius 2 is 1.80 bits per heavy atom. The molecule has 0 bridgehead atoms. The number of aliphatic imine (C=N–C) groups is 1. The molecule has 1 aliphatic heterocycles. The fourth-order valence-electron chi connectivity index (χ4n) is 4.39. The molecule has 3 aliphatic rings. The molecule has 0 aromatic rings. The summed E-state index contributed by atoms with van der Waals surface area (Å²) >= 11 is 0. The summed E-state index contributed by atoms with van der Waals surface area (Å²) in [5.41, 5.74) is 0. The summed E-state index contributed by atoms with van der Waals surface area (Å²) in [6.07, 6.45) is 9.99. The minimum atomic E-state index is -3.26. The van der Waals surface area contributed by atoms with Gasteiger partial charge < -0.3 is 15.5 Å². The molecule has 2 saturated carbocycles. The molecule has 3 N–H and O–H groups in total. The maximum absolute atomic E-state index is 12.7. The number of amides is 1. The fraction of sp³-hybridized carbons (Fsp3) is 0.900. The van der Waals surface area contributed by atoms with Gasteiger partial charge in [-0.15, -0.1) is 24.0 Å². The van der Waals surface area contributed by atoms with Crippen molar-refractivity contribution < 1.29 is 13.2 Å². The molecule has 0 aromatic heterocycles. The van der Waals surface area contributed by atoms with E-state index in [1.807, 2.05) is 4.90 Å². The lowest BCUT2D eigenvalue weighted by Crippen LogP contribution is -2.47. The van der Waals surface area contributed by atoms with Crippen LogP contribution in [0, 0.1) is 11.8 Å². The molecule has 1 saturated heterocycles. The number of carbonyl (C=O) groups excluding carboxylic acids is 1. The third kappa shape index (κ3) is 7.81. The van der Waals surface area contributed by atoms with Crippen molar-refractivity contribution in [3.63, 3.8) is 0 Å². The number of guanidine groups is 1. The van der Waals surface area contributed by atoms with Gasteiger partial charge in [-0.3, -0.25) is 9.79 Å². The molecule has 1 unspecified atom stereocenters. The Bertz CT molecular complexity index is 678. The van der Waals surface area contributed by atoms with E-state index in [-0.39, 0.29) is 41.7 Å². The number of halogens is 1. The summed E-state index contributed by atoms with van der Waals surface area (Å²) in [5, 5.41) is 6.43. The third-order valence-electron chi connectivity index (χ3n) is 6.50. The number of sulfonamides is 1. The van der Waals surface area contributed by atoms with E-state index in [1.165, 1.54) is 25.7 Å². The lowest BCUT2D eigenvalue weighted by Gasteiger charge is -2.26. The number of rotatable bonds is 8. The molecule has 174 valence electrons. The topological polar surface area (TPSA) is 103 Å². The van der Waals surface area contributed by atoms with E-state index >= 15 is 0 Å². The van der Waals surface area contributed by atoms with Crippen LogP contribution in [0.25, 0.3) is 0 Å². The van der Waals surface area contributed by atoms with Crippen LogP contribution in [0.5, 0.6) is 0 Å². The molecule has 2 aliphatic carbocycles. The van der Waals surface area contributed by atoms with Crippen molar-refractivity contribution in [1.82, 2.24) is 20.3 Å². The molecule has 3 fully saturated rings. The van der Waals surface area contributed by atoms with Gasteiger partial charge in [-0.1, -0.05) is 25.7 Å². The number of hydrogen-bond donors (Lipinski definition) is 3. The highest BCUT2D eigenvalue weighted by atomic mass is 127. The van der Waals surface area contributed by atoms with Gasteiger partial charge in [0.15, 0.2) is 5.96 Å². The van der Waals surface area contributed by atoms with E-state index in [4.69, 9.17) is 0 Å². The van der Waals surface area contributed by atoms with Gasteiger partial charge in [-0.25, -0.2) is 13.1 Å². The lowest BCUT2D eigenvalue weighted by molar-refractivity contribution is -0.135. The number of carbonyl (C=O) groups is 1. The summed E-state index contributed by atoms with van der Waals surface area (Å²) in [6.45, 7) is 2.33. The van der Waals surface area contributed by atoms with E-state index in [9.17, 15) is 13.2 Å². The van der Waals surface area contributed by atoms with Crippen LogP contribution < -0.4 is 15.4 Å². The lowest BCUT2D eigenvalue weighted by atomic mass is 9.86. The van der Waals surface area contributed by atoms with Crippen molar-refractivity contribution in [2.75, 3.05) is 39.0 Å². The maximum atomic E-state index is 12.7. The number of likely N-dealkylation sites (tertiary alicyclic amines) is 1. The van der Waals surface area contributed by atoms with Gasteiger partial charge in [0.1, 0.15) is 0 Å². The number of hydrogen-bond acceptors (Lipinski definition) is 4. The van der Waals surface area contributed by atoms with Crippen molar-refractivity contribution >= 4 is 45.9 Å². The monoisotopic (exact) mass is 555 g/mol. The molecule has 0 radical (unpaired) electrons. The van der Waals surface area contributed by atoms with Gasteiger partial charge in [0.25, 0.3) is 0 Å². The Morgan fingerprint density at radius 1 is 1.07 bits per heavy atom. The van der Waals surface area contributed by atoms with Crippen molar-refractivity contribution in [3.8, 4) is 0 Å². The first-order chi connectivity index (χ1) is 14.0. The van der Waals surface area contributed by atoms with Crippen molar-refractivity contribution in [3.05, 3.63) is 0 Å². The molecular formula is C20H38IN5O3S. The van der Waals surface area contributed by atoms with Crippen molar-refractivity contribution in [2.45, 2.75) is 63.8 Å². The number of nitrogens with one attached hydrogen (secondary N) is 3. The van der Waals surface area contributed by atoms with E-state index in [1.54, 1.807) is 7.05 Å². The highest BCUT2D eigenvalue weighted by Gasteiger charge is 2.31. The van der Waals surface area contributed by atoms with Gasteiger partial charge in [0, 0.05) is 45.2 Å². The Hall–Kier alpha value is -0.620. The van der Waals surface area contributed by atoms with Crippen LogP contribution >= 0.6 is 24.0 Å². The average molecular weight is 556 g/mol. The van der Waals surface area contributed by atoms with E-state index in [0.717, 1.165) is 38.6 Å². The van der Waals surface area contributed by atoms with Gasteiger partial charge in [0.2, 0.25) is 15.9 Å². The van der Waals surface area contributed by atoms with Crippen molar-refractivity contribution in [1.29, 1.82) is 0 Å². The largest absolute Gasteiger partial charge is 0.355 e. The second-order valence-corrected chi connectivity index (χ2v) is 10.6. The first kappa shape index (κ1) is 25.6. The minimum absolute atomic E-state index is 0. The molecule has 1 amide bonds. The van der Waals surface area contributed by atoms with Gasteiger partial charge in [-0.2, -0.15) is 0 Å². The van der Waals surface area contributed by atoms with Crippen LogP contribution in [0.2, 0.25) is 0 Å².